The van der Waals surface area contributed by atoms with E-state index < -0.39 is 30.0 Å². The summed E-state index contributed by atoms with van der Waals surface area (Å²) in [6.45, 7) is 0.388. The molecule has 0 radical (unpaired) electrons. The number of amides is 2. The molecule has 1 heterocycles. The van der Waals surface area contributed by atoms with Crippen molar-refractivity contribution in [2.75, 3.05) is 18.5 Å². The highest BCUT2D eigenvalue weighted by molar-refractivity contribution is 6.39. The van der Waals surface area contributed by atoms with E-state index in [1.807, 2.05) is 0 Å². The van der Waals surface area contributed by atoms with E-state index in [9.17, 15) is 27.9 Å². The maximum atomic E-state index is 12.1. The Kier molecular flexibility index (Phi) is 5.92. The maximum absolute atomic E-state index is 12.1. The van der Waals surface area contributed by atoms with E-state index in [0.717, 1.165) is 42.0 Å². The van der Waals surface area contributed by atoms with Crippen LogP contribution in [0.1, 0.15) is 17.2 Å². The average molecular weight is 410 g/mol. The van der Waals surface area contributed by atoms with E-state index in [0.29, 0.717) is 12.2 Å². The molecule has 2 amide bonds. The predicted octanol–water partition coefficient (Wildman–Crippen LogP) is 2.31. The van der Waals surface area contributed by atoms with Gasteiger partial charge in [0.15, 0.2) is 0 Å². The van der Waals surface area contributed by atoms with Crippen LogP contribution in [0.4, 0.5) is 18.9 Å². The third kappa shape index (κ3) is 5.61. The van der Waals surface area contributed by atoms with Crippen LogP contribution in [0, 0.1) is 0 Å². The molecule has 1 unspecified atom stereocenters. The maximum Gasteiger partial charge on any atom is 0.573 e. The Balaban J connectivity index is 1.49. The van der Waals surface area contributed by atoms with Gasteiger partial charge in [0.1, 0.15) is 11.5 Å². The minimum Gasteiger partial charge on any atom is -0.493 e. The zero-order valence-corrected chi connectivity index (χ0v) is 15.0. The Hall–Kier alpha value is -3.27. The van der Waals surface area contributed by atoms with Gasteiger partial charge in [-0.05, 0) is 47.5 Å². The lowest BCUT2D eigenvalue weighted by Gasteiger charge is -2.13. The van der Waals surface area contributed by atoms with Crippen molar-refractivity contribution in [3.8, 4) is 11.5 Å². The Morgan fingerprint density at radius 1 is 1.14 bits per heavy atom. The number of aliphatic hydroxyl groups is 1. The van der Waals surface area contributed by atoms with Crippen molar-refractivity contribution in [1.82, 2.24) is 5.32 Å². The van der Waals surface area contributed by atoms with Crippen molar-refractivity contribution in [3.63, 3.8) is 0 Å². The molecule has 10 heteroatoms. The molecule has 2 aromatic rings. The zero-order valence-electron chi connectivity index (χ0n) is 15.0. The normalized spacial score (nSPS) is 13.8. The molecular formula is C19H17F3N2O5. The van der Waals surface area contributed by atoms with Crippen LogP contribution in [0.25, 0.3) is 0 Å². The van der Waals surface area contributed by atoms with Crippen LogP contribution in [0.2, 0.25) is 0 Å². The van der Waals surface area contributed by atoms with Gasteiger partial charge < -0.3 is 25.2 Å². The summed E-state index contributed by atoms with van der Waals surface area (Å²) in [7, 11) is 0. The monoisotopic (exact) mass is 410 g/mol. The van der Waals surface area contributed by atoms with Gasteiger partial charge in [-0.15, -0.1) is 13.2 Å². The van der Waals surface area contributed by atoms with Gasteiger partial charge in [-0.25, -0.2) is 0 Å². The van der Waals surface area contributed by atoms with Crippen molar-refractivity contribution < 1.29 is 37.3 Å². The predicted molar refractivity (Wildman–Crippen MR) is 95.4 cm³/mol. The van der Waals surface area contributed by atoms with E-state index in [2.05, 4.69) is 15.4 Å². The number of hydrogen-bond acceptors (Lipinski definition) is 5. The molecule has 1 atom stereocenters. The van der Waals surface area contributed by atoms with Crippen molar-refractivity contribution in [2.24, 2.45) is 0 Å². The van der Waals surface area contributed by atoms with Crippen LogP contribution in [0.3, 0.4) is 0 Å². The first-order chi connectivity index (χ1) is 13.7. The lowest BCUT2D eigenvalue weighted by molar-refractivity contribution is -0.274. The third-order valence-electron chi connectivity index (χ3n) is 4.11. The molecule has 7 nitrogen and oxygen atoms in total. The quantitative estimate of drug-likeness (QED) is 0.658. The van der Waals surface area contributed by atoms with Gasteiger partial charge in [-0.2, -0.15) is 0 Å². The molecule has 3 N–H and O–H groups in total. The Bertz CT molecular complexity index is 900. The first kappa shape index (κ1) is 20.5. The summed E-state index contributed by atoms with van der Waals surface area (Å²) in [5, 5.41) is 14.8. The second-order valence-electron chi connectivity index (χ2n) is 6.22. The molecule has 1 aliphatic rings. The molecule has 1 aliphatic heterocycles. The molecule has 0 saturated heterocycles. The highest BCUT2D eigenvalue weighted by Crippen LogP contribution is 2.28. The molecular weight excluding hydrogens is 393 g/mol. The summed E-state index contributed by atoms with van der Waals surface area (Å²) in [5.74, 6) is -1.72. The summed E-state index contributed by atoms with van der Waals surface area (Å²) in [4.78, 5) is 23.8. The van der Waals surface area contributed by atoms with Gasteiger partial charge in [0.05, 0.1) is 12.7 Å². The van der Waals surface area contributed by atoms with Gasteiger partial charge in [0.25, 0.3) is 0 Å². The molecule has 0 aromatic heterocycles. The van der Waals surface area contributed by atoms with Crippen molar-refractivity contribution in [2.45, 2.75) is 18.9 Å². The fourth-order valence-corrected chi connectivity index (χ4v) is 2.73. The van der Waals surface area contributed by atoms with Gasteiger partial charge >= 0.3 is 18.2 Å². The van der Waals surface area contributed by atoms with E-state index in [1.54, 1.807) is 18.2 Å². The minimum atomic E-state index is -4.82. The van der Waals surface area contributed by atoms with Crippen LogP contribution in [-0.2, 0) is 16.0 Å². The van der Waals surface area contributed by atoms with Gasteiger partial charge in [-0.1, -0.05) is 6.07 Å². The van der Waals surface area contributed by atoms with Crippen LogP contribution in [0.15, 0.2) is 42.5 Å². The molecule has 0 bridgehead atoms. The zero-order chi connectivity index (χ0) is 21.0. The van der Waals surface area contributed by atoms with Crippen LogP contribution >= 0.6 is 0 Å². The van der Waals surface area contributed by atoms with Crippen molar-refractivity contribution in [3.05, 3.63) is 53.6 Å². The van der Waals surface area contributed by atoms with E-state index >= 15 is 0 Å². The summed E-state index contributed by atoms with van der Waals surface area (Å²) in [5.41, 5.74) is 1.65. The van der Waals surface area contributed by atoms with Crippen molar-refractivity contribution in [1.29, 1.82) is 0 Å². The second-order valence-corrected chi connectivity index (χ2v) is 6.22. The lowest BCUT2D eigenvalue weighted by atomic mass is 10.0. The van der Waals surface area contributed by atoms with E-state index in [-0.39, 0.29) is 12.2 Å². The van der Waals surface area contributed by atoms with E-state index in [4.69, 9.17) is 4.74 Å². The first-order valence-corrected chi connectivity index (χ1v) is 8.60. The number of rotatable bonds is 5. The highest BCUT2D eigenvalue weighted by atomic mass is 19.4. The number of anilines is 1. The summed E-state index contributed by atoms with van der Waals surface area (Å²) in [6.07, 6.45) is -5.11. The van der Waals surface area contributed by atoms with Crippen molar-refractivity contribution >= 4 is 17.5 Å². The van der Waals surface area contributed by atoms with Gasteiger partial charge in [-0.3, -0.25) is 9.59 Å². The van der Waals surface area contributed by atoms with Crippen LogP contribution < -0.4 is 20.1 Å². The average Bonchev–Trinajstić information content (AvgIpc) is 3.14. The molecule has 29 heavy (non-hydrogen) atoms. The summed E-state index contributed by atoms with van der Waals surface area (Å²) in [6, 6.07) is 9.52. The Morgan fingerprint density at radius 3 is 2.55 bits per heavy atom. The fourth-order valence-electron chi connectivity index (χ4n) is 2.73. The Labute approximate surface area is 163 Å². The molecule has 154 valence electrons. The highest BCUT2D eigenvalue weighted by Gasteiger charge is 2.31. The topological polar surface area (TPSA) is 96.9 Å². The molecule has 0 spiro atoms. The largest absolute Gasteiger partial charge is 0.573 e. The lowest BCUT2D eigenvalue weighted by Crippen LogP contribution is -2.37. The number of fused-ring (bicyclic) bond motifs is 1. The number of benzene rings is 2. The number of alkyl halides is 3. The van der Waals surface area contributed by atoms with Crippen LogP contribution in [-0.4, -0.2) is 36.4 Å². The molecule has 0 aliphatic carbocycles. The number of ether oxygens (including phenoxy) is 2. The minimum absolute atomic E-state index is 0.110. The molecule has 3 rings (SSSR count). The molecule has 2 aromatic carbocycles. The summed E-state index contributed by atoms with van der Waals surface area (Å²) < 4.78 is 45.5. The molecule has 0 saturated carbocycles. The standard InChI is InChI=1S/C19H17F3N2O5/c20-19(21,22)29-14-4-2-13(3-5-14)24-18(27)17(26)23-10-15(25)11-1-6-16-12(9-11)7-8-28-16/h1-6,9,15,25H,7-8,10H2,(H,23,26)(H,24,27). The number of halogens is 3. The number of nitrogens with one attached hydrogen (secondary N) is 2. The number of aliphatic hydroxyl groups excluding tert-OH is 1. The Morgan fingerprint density at radius 2 is 1.86 bits per heavy atom. The van der Waals surface area contributed by atoms with E-state index in [1.165, 1.54) is 0 Å². The number of hydrogen-bond donors (Lipinski definition) is 3. The van der Waals surface area contributed by atoms with Crippen LogP contribution in [0.5, 0.6) is 11.5 Å². The van der Waals surface area contributed by atoms with Gasteiger partial charge in [0, 0.05) is 18.7 Å². The smallest absolute Gasteiger partial charge is 0.493 e. The third-order valence-corrected chi connectivity index (χ3v) is 4.11. The second kappa shape index (κ2) is 8.39. The number of carbonyl (C=O) groups excluding carboxylic acids is 2. The SMILES string of the molecule is O=C(NCC(O)c1ccc2c(c1)CCO2)C(=O)Nc1ccc(OC(F)(F)F)cc1. The first-order valence-electron chi connectivity index (χ1n) is 8.60. The van der Waals surface area contributed by atoms with Gasteiger partial charge in [0.2, 0.25) is 0 Å². The molecule has 0 fully saturated rings. The fraction of sp³-hybridized carbons (Fsp3) is 0.263. The number of carbonyl (C=O) groups is 2. The summed E-state index contributed by atoms with van der Waals surface area (Å²) >= 11 is 0.